The van der Waals surface area contributed by atoms with Gasteiger partial charge in [-0.05, 0) is 37.1 Å². The Hall–Kier alpha value is -2.23. The third-order valence-corrected chi connectivity index (χ3v) is 2.89. The maximum atomic E-state index is 11.9. The summed E-state index contributed by atoms with van der Waals surface area (Å²) in [6.45, 7) is 3.79. The van der Waals surface area contributed by atoms with Crippen LogP contribution < -0.4 is 11.1 Å². The summed E-state index contributed by atoms with van der Waals surface area (Å²) in [6, 6.07) is 7.19. The molecule has 2 aromatic rings. The molecule has 0 spiro atoms. The van der Waals surface area contributed by atoms with Gasteiger partial charge in [-0.2, -0.15) is 0 Å². The number of amides is 1. The first-order chi connectivity index (χ1) is 8.61. The third-order valence-electron chi connectivity index (χ3n) is 2.89. The van der Waals surface area contributed by atoms with E-state index in [4.69, 9.17) is 10.2 Å². The number of nitrogens with one attached hydrogen (secondary N) is 1. The number of furan rings is 1. The van der Waals surface area contributed by atoms with Crippen LogP contribution in [0.25, 0.3) is 0 Å². The van der Waals surface area contributed by atoms with Gasteiger partial charge in [0.15, 0.2) is 0 Å². The van der Waals surface area contributed by atoms with Crippen LogP contribution >= 0.6 is 0 Å². The number of hydrogen-bond donors (Lipinski definition) is 2. The molecule has 1 heterocycles. The van der Waals surface area contributed by atoms with Crippen LogP contribution in [0, 0.1) is 6.92 Å². The van der Waals surface area contributed by atoms with Gasteiger partial charge in [0, 0.05) is 11.4 Å². The molecule has 0 saturated heterocycles. The van der Waals surface area contributed by atoms with Crippen molar-refractivity contribution in [3.63, 3.8) is 0 Å². The highest BCUT2D eigenvalue weighted by Crippen LogP contribution is 2.19. The van der Waals surface area contributed by atoms with E-state index >= 15 is 0 Å². The van der Waals surface area contributed by atoms with E-state index in [0.717, 1.165) is 12.0 Å². The molecule has 0 unspecified atom stereocenters. The second kappa shape index (κ2) is 4.96. The maximum absolute atomic E-state index is 11.9. The zero-order chi connectivity index (χ0) is 13.1. The van der Waals surface area contributed by atoms with Crippen LogP contribution in [-0.2, 0) is 6.42 Å². The second-order valence-electron chi connectivity index (χ2n) is 4.11. The van der Waals surface area contributed by atoms with E-state index in [9.17, 15) is 4.79 Å². The van der Waals surface area contributed by atoms with Crippen LogP contribution in [0.15, 0.2) is 34.9 Å². The third kappa shape index (κ3) is 2.37. The minimum absolute atomic E-state index is 0.190. The van der Waals surface area contributed by atoms with Gasteiger partial charge in [0.2, 0.25) is 0 Å². The Labute approximate surface area is 106 Å². The first-order valence-electron chi connectivity index (χ1n) is 5.85. The number of carbonyl (C=O) groups excluding carboxylic acids is 1. The highest BCUT2D eigenvalue weighted by atomic mass is 16.3. The molecule has 0 aliphatic heterocycles. The lowest BCUT2D eigenvalue weighted by molar-refractivity contribution is 0.102. The van der Waals surface area contributed by atoms with Crippen molar-refractivity contribution in [1.29, 1.82) is 0 Å². The summed E-state index contributed by atoms with van der Waals surface area (Å²) in [7, 11) is 0. The zero-order valence-corrected chi connectivity index (χ0v) is 10.5. The van der Waals surface area contributed by atoms with Crippen molar-refractivity contribution in [2.75, 3.05) is 11.1 Å². The van der Waals surface area contributed by atoms with E-state index in [1.807, 2.05) is 19.1 Å². The van der Waals surface area contributed by atoms with Crippen LogP contribution in [0.5, 0.6) is 0 Å². The maximum Gasteiger partial charge on any atom is 0.259 e. The molecule has 0 atom stereocenters. The van der Waals surface area contributed by atoms with Crippen molar-refractivity contribution >= 4 is 17.3 Å². The highest BCUT2D eigenvalue weighted by Gasteiger charge is 2.11. The summed E-state index contributed by atoms with van der Waals surface area (Å²) in [4.78, 5) is 11.9. The lowest BCUT2D eigenvalue weighted by Crippen LogP contribution is -2.12. The predicted molar refractivity (Wildman–Crippen MR) is 71.6 cm³/mol. The Kier molecular flexibility index (Phi) is 3.37. The van der Waals surface area contributed by atoms with Gasteiger partial charge in [0.1, 0.15) is 5.76 Å². The molecule has 0 fully saturated rings. The number of carbonyl (C=O) groups is 1. The predicted octanol–water partition coefficient (Wildman–Crippen LogP) is 2.98. The molecule has 94 valence electrons. The number of nitrogen functional groups attached to an aromatic ring is 1. The topological polar surface area (TPSA) is 68.3 Å². The Balaban J connectivity index is 2.17. The van der Waals surface area contributed by atoms with Crippen molar-refractivity contribution in [3.05, 3.63) is 47.4 Å². The summed E-state index contributed by atoms with van der Waals surface area (Å²) in [5, 5.41) is 2.80. The summed E-state index contributed by atoms with van der Waals surface area (Å²) in [5.74, 6) is 0.413. The standard InChI is InChI=1S/C14H16N2O2/c1-3-10-4-5-11(8-13(10)15)16-14(17)12-6-7-18-9(12)2/h4-8H,3,15H2,1-2H3,(H,16,17). The van der Waals surface area contributed by atoms with E-state index < -0.39 is 0 Å². The van der Waals surface area contributed by atoms with Crippen molar-refractivity contribution < 1.29 is 9.21 Å². The quantitative estimate of drug-likeness (QED) is 0.815. The summed E-state index contributed by atoms with van der Waals surface area (Å²) in [5.41, 5.74) is 8.88. The fraction of sp³-hybridized carbons (Fsp3) is 0.214. The van der Waals surface area contributed by atoms with Crippen molar-refractivity contribution in [3.8, 4) is 0 Å². The van der Waals surface area contributed by atoms with Crippen molar-refractivity contribution in [1.82, 2.24) is 0 Å². The molecule has 18 heavy (non-hydrogen) atoms. The fourth-order valence-electron chi connectivity index (χ4n) is 1.81. The van der Waals surface area contributed by atoms with Gasteiger partial charge < -0.3 is 15.5 Å². The molecule has 1 amide bonds. The molecule has 1 aromatic carbocycles. The van der Waals surface area contributed by atoms with Crippen molar-refractivity contribution in [2.45, 2.75) is 20.3 Å². The van der Waals surface area contributed by atoms with E-state index in [2.05, 4.69) is 5.32 Å². The Morgan fingerprint density at radius 3 is 2.72 bits per heavy atom. The summed E-state index contributed by atoms with van der Waals surface area (Å²) < 4.78 is 5.10. The van der Waals surface area contributed by atoms with Gasteiger partial charge in [-0.3, -0.25) is 4.79 Å². The second-order valence-corrected chi connectivity index (χ2v) is 4.11. The first kappa shape index (κ1) is 12.2. The van der Waals surface area contributed by atoms with Crippen LogP contribution in [-0.4, -0.2) is 5.91 Å². The summed E-state index contributed by atoms with van der Waals surface area (Å²) in [6.07, 6.45) is 2.37. The Morgan fingerprint density at radius 2 is 2.17 bits per heavy atom. The van der Waals surface area contributed by atoms with Crippen molar-refractivity contribution in [2.24, 2.45) is 0 Å². The van der Waals surface area contributed by atoms with Gasteiger partial charge >= 0.3 is 0 Å². The summed E-state index contributed by atoms with van der Waals surface area (Å²) >= 11 is 0. The molecular weight excluding hydrogens is 228 g/mol. The molecule has 4 heteroatoms. The lowest BCUT2D eigenvalue weighted by Gasteiger charge is -2.08. The Bertz CT molecular complexity index is 573. The minimum atomic E-state index is -0.190. The van der Waals surface area contributed by atoms with Crippen LogP contribution in [0.4, 0.5) is 11.4 Å². The number of aryl methyl sites for hydroxylation is 2. The van der Waals surface area contributed by atoms with E-state index in [-0.39, 0.29) is 5.91 Å². The Morgan fingerprint density at radius 1 is 1.39 bits per heavy atom. The number of rotatable bonds is 3. The molecule has 0 bridgehead atoms. The largest absolute Gasteiger partial charge is 0.469 e. The van der Waals surface area contributed by atoms with Gasteiger partial charge in [-0.1, -0.05) is 13.0 Å². The number of benzene rings is 1. The molecule has 0 aliphatic carbocycles. The lowest BCUT2D eigenvalue weighted by atomic mass is 10.1. The molecule has 0 saturated carbocycles. The van der Waals surface area contributed by atoms with Gasteiger partial charge in [-0.15, -0.1) is 0 Å². The van der Waals surface area contributed by atoms with E-state index in [0.29, 0.717) is 22.7 Å². The van der Waals surface area contributed by atoms with Crippen LogP contribution in [0.1, 0.15) is 28.6 Å². The molecule has 4 nitrogen and oxygen atoms in total. The van der Waals surface area contributed by atoms with Gasteiger partial charge in [0.25, 0.3) is 5.91 Å². The monoisotopic (exact) mass is 244 g/mol. The average molecular weight is 244 g/mol. The fourth-order valence-corrected chi connectivity index (χ4v) is 1.81. The number of nitrogens with two attached hydrogens (primary N) is 1. The van der Waals surface area contributed by atoms with E-state index in [1.165, 1.54) is 6.26 Å². The van der Waals surface area contributed by atoms with Crippen LogP contribution in [0.3, 0.4) is 0 Å². The first-order valence-corrected chi connectivity index (χ1v) is 5.85. The smallest absolute Gasteiger partial charge is 0.259 e. The zero-order valence-electron chi connectivity index (χ0n) is 10.5. The normalized spacial score (nSPS) is 10.3. The number of hydrogen-bond acceptors (Lipinski definition) is 3. The molecule has 1 aromatic heterocycles. The highest BCUT2D eigenvalue weighted by molar-refractivity contribution is 6.05. The van der Waals surface area contributed by atoms with E-state index in [1.54, 1.807) is 19.1 Å². The molecule has 2 rings (SSSR count). The minimum Gasteiger partial charge on any atom is -0.469 e. The molecular formula is C14H16N2O2. The molecule has 0 aliphatic rings. The molecule has 3 N–H and O–H groups in total. The van der Waals surface area contributed by atoms with Gasteiger partial charge in [0.05, 0.1) is 11.8 Å². The molecule has 0 radical (unpaired) electrons. The van der Waals surface area contributed by atoms with Gasteiger partial charge in [-0.25, -0.2) is 0 Å². The number of anilines is 2. The SMILES string of the molecule is CCc1ccc(NC(=O)c2ccoc2C)cc1N. The van der Waals surface area contributed by atoms with Crippen LogP contribution in [0.2, 0.25) is 0 Å². The average Bonchev–Trinajstić information content (AvgIpc) is 2.76.